The van der Waals surface area contributed by atoms with Gasteiger partial charge >= 0.3 is 0 Å². The molecule has 3 aromatic rings. The molecule has 0 radical (unpaired) electrons. The van der Waals surface area contributed by atoms with Crippen molar-refractivity contribution < 1.29 is 0 Å². The molecule has 1 aliphatic rings. The largest absolute Gasteiger partial charge is 0.350 e. The third-order valence-corrected chi connectivity index (χ3v) is 5.48. The minimum Gasteiger partial charge on any atom is -0.350 e. The summed E-state index contributed by atoms with van der Waals surface area (Å²) in [7, 11) is 0. The molecule has 6 nitrogen and oxygen atoms in total. The molecule has 124 valence electrons. The summed E-state index contributed by atoms with van der Waals surface area (Å²) in [5, 5.41) is 17.5. The maximum absolute atomic E-state index is 9.12. The van der Waals surface area contributed by atoms with Gasteiger partial charge in [-0.25, -0.2) is 0 Å². The monoisotopic (exact) mass is 348 g/mol. The van der Waals surface area contributed by atoms with Crippen LogP contribution in [0.3, 0.4) is 0 Å². The smallest absolute Gasteiger partial charge is 0.166 e. The highest BCUT2D eigenvalue weighted by Gasteiger charge is 2.22. The lowest BCUT2D eigenvalue weighted by atomic mass is 10.0. The number of rotatable bonds is 2. The Kier molecular flexibility index (Phi) is 3.90. The van der Waals surface area contributed by atoms with Crippen LogP contribution in [-0.2, 0) is 13.0 Å². The fourth-order valence-electron chi connectivity index (χ4n) is 3.10. The van der Waals surface area contributed by atoms with Gasteiger partial charge in [-0.1, -0.05) is 0 Å². The van der Waals surface area contributed by atoms with Gasteiger partial charge in [0.15, 0.2) is 11.5 Å². The molecule has 4 heterocycles. The van der Waals surface area contributed by atoms with E-state index in [2.05, 4.69) is 37.2 Å². The molecule has 4 rings (SSSR count). The number of pyridine rings is 1. The van der Waals surface area contributed by atoms with Gasteiger partial charge in [-0.05, 0) is 36.6 Å². The quantitative estimate of drug-likeness (QED) is 0.708. The van der Waals surface area contributed by atoms with Crippen LogP contribution in [0.5, 0.6) is 0 Å². The molecule has 0 atom stereocenters. The maximum atomic E-state index is 9.12. The first-order chi connectivity index (χ1) is 12.2. The van der Waals surface area contributed by atoms with Gasteiger partial charge in [0.05, 0.1) is 10.4 Å². The van der Waals surface area contributed by atoms with Crippen molar-refractivity contribution in [1.29, 1.82) is 5.26 Å². The second-order valence-corrected chi connectivity index (χ2v) is 6.99. The zero-order valence-electron chi connectivity index (χ0n) is 14.0. The summed E-state index contributed by atoms with van der Waals surface area (Å²) in [4.78, 5) is 12.1. The number of nitrogens with zero attached hydrogens (tertiary/aromatic N) is 6. The highest BCUT2D eigenvalue weighted by molar-refractivity contribution is 7.13. The van der Waals surface area contributed by atoms with Crippen molar-refractivity contribution in [2.75, 3.05) is 11.4 Å². The number of nitriles is 1. The average molecular weight is 348 g/mol. The molecule has 25 heavy (non-hydrogen) atoms. The first-order valence-corrected chi connectivity index (χ1v) is 8.91. The third kappa shape index (κ3) is 2.75. The fourth-order valence-corrected chi connectivity index (χ4v) is 3.70. The lowest BCUT2D eigenvalue weighted by molar-refractivity contribution is 0.692. The molecule has 0 aromatic carbocycles. The normalized spacial score (nSPS) is 13.4. The van der Waals surface area contributed by atoms with E-state index >= 15 is 0 Å². The van der Waals surface area contributed by atoms with Crippen molar-refractivity contribution in [2.24, 2.45) is 0 Å². The molecule has 0 N–H and O–H groups in total. The number of fused-ring (bicyclic) bond motifs is 1. The molecule has 0 fully saturated rings. The standard InChI is InChI=1S/C18H16N6S/c1-11-12(2)18(23-22-16(11)6-19)24-4-3-15-14(9-24)5-13(7-21-15)17-8-20-10-25-17/h5,7-8,10H,3-4,9H2,1-2H3. The summed E-state index contributed by atoms with van der Waals surface area (Å²) >= 11 is 1.61. The van der Waals surface area contributed by atoms with Crippen LogP contribution in [0.1, 0.15) is 28.1 Å². The molecule has 0 amide bonds. The van der Waals surface area contributed by atoms with E-state index in [4.69, 9.17) is 5.26 Å². The molecule has 1 aliphatic heterocycles. The van der Waals surface area contributed by atoms with Crippen LogP contribution in [0, 0.1) is 25.2 Å². The Hall–Kier alpha value is -2.85. The van der Waals surface area contributed by atoms with Crippen LogP contribution in [0.2, 0.25) is 0 Å². The second-order valence-electron chi connectivity index (χ2n) is 6.10. The Balaban J connectivity index is 1.68. The summed E-state index contributed by atoms with van der Waals surface area (Å²) in [5.41, 5.74) is 7.59. The number of aromatic nitrogens is 4. The molecular formula is C18H16N6S. The van der Waals surface area contributed by atoms with Crippen molar-refractivity contribution in [1.82, 2.24) is 20.2 Å². The van der Waals surface area contributed by atoms with Gasteiger partial charge in [0.1, 0.15) is 6.07 Å². The van der Waals surface area contributed by atoms with E-state index in [1.54, 1.807) is 11.3 Å². The third-order valence-electron chi connectivity index (χ3n) is 4.66. The van der Waals surface area contributed by atoms with Gasteiger partial charge < -0.3 is 4.90 Å². The van der Waals surface area contributed by atoms with Crippen molar-refractivity contribution in [3.05, 3.63) is 52.0 Å². The predicted octanol–water partition coefficient (Wildman–Crippen LogP) is 3.05. The van der Waals surface area contributed by atoms with E-state index in [1.807, 2.05) is 31.8 Å². The molecule has 0 saturated heterocycles. The van der Waals surface area contributed by atoms with Gasteiger partial charge in [0.25, 0.3) is 0 Å². The van der Waals surface area contributed by atoms with Crippen LogP contribution in [0.15, 0.2) is 24.0 Å². The Labute approximate surface area is 149 Å². The van der Waals surface area contributed by atoms with Crippen LogP contribution >= 0.6 is 11.3 Å². The minimum atomic E-state index is 0.396. The second kappa shape index (κ2) is 6.22. The lowest BCUT2D eigenvalue weighted by Crippen LogP contribution is -2.32. The lowest BCUT2D eigenvalue weighted by Gasteiger charge is -2.30. The van der Waals surface area contributed by atoms with Crippen molar-refractivity contribution in [3.8, 4) is 16.5 Å². The van der Waals surface area contributed by atoms with Crippen LogP contribution in [-0.4, -0.2) is 26.7 Å². The Morgan fingerprint density at radius 3 is 2.84 bits per heavy atom. The summed E-state index contributed by atoms with van der Waals surface area (Å²) in [5.74, 6) is 0.852. The van der Waals surface area contributed by atoms with E-state index in [0.717, 1.165) is 52.6 Å². The summed E-state index contributed by atoms with van der Waals surface area (Å²) in [6.07, 6.45) is 4.67. The zero-order chi connectivity index (χ0) is 17.4. The van der Waals surface area contributed by atoms with Gasteiger partial charge in [-0.3, -0.25) is 9.97 Å². The minimum absolute atomic E-state index is 0.396. The first kappa shape index (κ1) is 15.7. The maximum Gasteiger partial charge on any atom is 0.166 e. The van der Waals surface area contributed by atoms with Crippen LogP contribution < -0.4 is 4.90 Å². The van der Waals surface area contributed by atoms with Crippen molar-refractivity contribution in [3.63, 3.8) is 0 Å². The van der Waals surface area contributed by atoms with Crippen molar-refractivity contribution in [2.45, 2.75) is 26.8 Å². The Morgan fingerprint density at radius 2 is 2.08 bits per heavy atom. The molecule has 7 heteroatoms. The molecule has 0 saturated carbocycles. The molecule has 0 bridgehead atoms. The van der Waals surface area contributed by atoms with Gasteiger partial charge in [-0.2, -0.15) is 5.26 Å². The first-order valence-electron chi connectivity index (χ1n) is 8.03. The molecule has 0 unspecified atom stereocenters. The van der Waals surface area contributed by atoms with E-state index in [9.17, 15) is 0 Å². The number of anilines is 1. The Bertz CT molecular complexity index is 974. The molecular weight excluding hydrogens is 332 g/mol. The van der Waals surface area contributed by atoms with Gasteiger partial charge in [-0.15, -0.1) is 21.5 Å². The van der Waals surface area contributed by atoms with E-state index < -0.39 is 0 Å². The average Bonchev–Trinajstić information content (AvgIpc) is 3.18. The highest BCUT2D eigenvalue weighted by atomic mass is 32.1. The summed E-state index contributed by atoms with van der Waals surface area (Å²) in [6.45, 7) is 5.52. The SMILES string of the molecule is Cc1c(C#N)nnc(N2CCc3ncc(-c4cncs4)cc3C2)c1C. The Morgan fingerprint density at radius 1 is 1.20 bits per heavy atom. The number of hydrogen-bond donors (Lipinski definition) is 0. The van der Waals surface area contributed by atoms with E-state index in [-0.39, 0.29) is 0 Å². The highest BCUT2D eigenvalue weighted by Crippen LogP contribution is 2.30. The molecule has 0 aliphatic carbocycles. The van der Waals surface area contributed by atoms with Gasteiger partial charge in [0, 0.05) is 43.2 Å². The van der Waals surface area contributed by atoms with E-state index in [1.165, 1.54) is 5.56 Å². The summed E-state index contributed by atoms with van der Waals surface area (Å²) in [6, 6.07) is 4.29. The van der Waals surface area contributed by atoms with E-state index in [0.29, 0.717) is 5.69 Å². The molecule has 0 spiro atoms. The zero-order valence-corrected chi connectivity index (χ0v) is 14.8. The van der Waals surface area contributed by atoms with Crippen LogP contribution in [0.25, 0.3) is 10.4 Å². The van der Waals surface area contributed by atoms with Gasteiger partial charge in [0.2, 0.25) is 0 Å². The number of thiazole rings is 1. The topological polar surface area (TPSA) is 78.6 Å². The molecule has 3 aromatic heterocycles. The fraction of sp³-hybridized carbons (Fsp3) is 0.278. The van der Waals surface area contributed by atoms with Crippen molar-refractivity contribution >= 4 is 17.2 Å². The number of hydrogen-bond acceptors (Lipinski definition) is 7. The van der Waals surface area contributed by atoms with Crippen LogP contribution in [0.4, 0.5) is 5.82 Å². The summed E-state index contributed by atoms with van der Waals surface area (Å²) < 4.78 is 0. The predicted molar refractivity (Wildman–Crippen MR) is 96.3 cm³/mol.